The number of hydrogen-bond donors (Lipinski definition) is 1. The van der Waals surface area contributed by atoms with Gasteiger partial charge in [-0.3, -0.25) is 0 Å². The van der Waals surface area contributed by atoms with Crippen LogP contribution in [0.2, 0.25) is 5.15 Å². The monoisotopic (exact) mass is 225 g/mol. The number of nitrogens with zero attached hydrogens (tertiary/aromatic N) is 3. The van der Waals surface area contributed by atoms with Gasteiger partial charge in [0.05, 0.1) is 11.8 Å². The minimum absolute atomic E-state index is 0.231. The first-order valence-electron chi connectivity index (χ1n) is 4.89. The number of rotatable bonds is 4. The summed E-state index contributed by atoms with van der Waals surface area (Å²) >= 11 is 5.90. The quantitative estimate of drug-likeness (QED) is 0.638. The fourth-order valence-corrected chi connectivity index (χ4v) is 1.73. The Bertz CT molecular complexity index is 455. The summed E-state index contributed by atoms with van der Waals surface area (Å²) in [5.74, 6) is 0. The number of unbranched alkanes of at least 4 members (excludes halogenated alkanes) is 1. The molecule has 0 atom stereocenters. The van der Waals surface area contributed by atoms with Crippen molar-refractivity contribution in [3.63, 3.8) is 0 Å². The topological polar surface area (TPSA) is 50.9 Å². The predicted molar refractivity (Wildman–Crippen MR) is 58.9 cm³/mol. The number of aliphatic hydroxyl groups is 1. The average Bonchev–Trinajstić information content (AvgIpc) is 2.64. The van der Waals surface area contributed by atoms with Crippen LogP contribution in [0.15, 0.2) is 18.6 Å². The molecule has 0 fully saturated rings. The van der Waals surface area contributed by atoms with Gasteiger partial charge in [-0.25, -0.2) is 9.97 Å². The summed E-state index contributed by atoms with van der Waals surface area (Å²) in [4.78, 5) is 8.17. The van der Waals surface area contributed by atoms with E-state index in [1.165, 1.54) is 0 Å². The minimum atomic E-state index is 0.231. The number of aryl methyl sites for hydroxylation is 1. The van der Waals surface area contributed by atoms with Crippen LogP contribution in [0.5, 0.6) is 0 Å². The number of hydrogen-bond acceptors (Lipinski definition) is 3. The summed E-state index contributed by atoms with van der Waals surface area (Å²) in [5, 5.41) is 9.13. The van der Waals surface area contributed by atoms with Gasteiger partial charge >= 0.3 is 0 Å². The van der Waals surface area contributed by atoms with Crippen LogP contribution in [-0.4, -0.2) is 26.2 Å². The number of aromatic nitrogens is 3. The first-order chi connectivity index (χ1) is 7.33. The van der Waals surface area contributed by atoms with Gasteiger partial charge in [0.2, 0.25) is 0 Å². The molecule has 0 aromatic carbocycles. The van der Waals surface area contributed by atoms with Crippen molar-refractivity contribution in [3.8, 4) is 0 Å². The lowest BCUT2D eigenvalue weighted by Gasteiger charge is -2.02. The third-order valence-corrected chi connectivity index (χ3v) is 2.58. The third-order valence-electron chi connectivity index (χ3n) is 2.30. The molecule has 0 unspecified atom stereocenters. The predicted octanol–water partition coefficient (Wildman–Crippen LogP) is 1.86. The van der Waals surface area contributed by atoms with Crippen LogP contribution in [0.1, 0.15) is 12.8 Å². The van der Waals surface area contributed by atoms with Crippen molar-refractivity contribution < 1.29 is 5.11 Å². The van der Waals surface area contributed by atoms with E-state index in [-0.39, 0.29) is 6.61 Å². The molecule has 0 radical (unpaired) electrons. The Kier molecular flexibility index (Phi) is 3.18. The zero-order valence-electron chi connectivity index (χ0n) is 8.23. The van der Waals surface area contributed by atoms with E-state index in [1.54, 1.807) is 12.5 Å². The van der Waals surface area contributed by atoms with Gasteiger partial charge in [0.1, 0.15) is 5.52 Å². The van der Waals surface area contributed by atoms with E-state index in [9.17, 15) is 0 Å². The Balaban J connectivity index is 2.25. The molecule has 0 amide bonds. The van der Waals surface area contributed by atoms with E-state index >= 15 is 0 Å². The molecule has 0 spiro atoms. The molecule has 0 aliphatic heterocycles. The van der Waals surface area contributed by atoms with Crippen molar-refractivity contribution in [1.82, 2.24) is 14.5 Å². The van der Waals surface area contributed by atoms with E-state index in [4.69, 9.17) is 16.7 Å². The summed E-state index contributed by atoms with van der Waals surface area (Å²) in [7, 11) is 0. The lowest BCUT2D eigenvalue weighted by Crippen LogP contribution is -1.97. The number of fused-ring (bicyclic) bond motifs is 1. The zero-order chi connectivity index (χ0) is 10.7. The second-order valence-electron chi connectivity index (χ2n) is 3.34. The molecule has 80 valence electrons. The Morgan fingerprint density at radius 3 is 3.00 bits per heavy atom. The molecule has 0 bridgehead atoms. The normalized spacial score (nSPS) is 11.1. The number of pyridine rings is 1. The van der Waals surface area contributed by atoms with Gasteiger partial charge in [0.25, 0.3) is 0 Å². The molecule has 2 aromatic rings. The van der Waals surface area contributed by atoms with Crippen LogP contribution in [0.3, 0.4) is 0 Å². The molecule has 0 aliphatic rings. The van der Waals surface area contributed by atoms with Crippen molar-refractivity contribution in [3.05, 3.63) is 23.7 Å². The van der Waals surface area contributed by atoms with Crippen LogP contribution < -0.4 is 0 Å². The molecule has 0 aliphatic carbocycles. The number of imidazole rings is 1. The van der Waals surface area contributed by atoms with Crippen molar-refractivity contribution in [1.29, 1.82) is 0 Å². The summed E-state index contributed by atoms with van der Waals surface area (Å²) < 4.78 is 2.03. The fraction of sp³-hybridized carbons (Fsp3) is 0.400. The number of aliphatic hydroxyl groups excluding tert-OH is 1. The van der Waals surface area contributed by atoms with Crippen molar-refractivity contribution >= 4 is 22.6 Å². The molecule has 15 heavy (non-hydrogen) atoms. The van der Waals surface area contributed by atoms with Gasteiger partial charge in [-0.15, -0.1) is 0 Å². The summed E-state index contributed by atoms with van der Waals surface area (Å²) in [6, 6.07) is 1.90. The second kappa shape index (κ2) is 4.59. The van der Waals surface area contributed by atoms with Crippen molar-refractivity contribution in [2.75, 3.05) is 6.61 Å². The maximum Gasteiger partial charge on any atom is 0.156 e. The molecule has 2 aromatic heterocycles. The minimum Gasteiger partial charge on any atom is -0.396 e. The van der Waals surface area contributed by atoms with Crippen LogP contribution in [0.25, 0.3) is 11.0 Å². The van der Waals surface area contributed by atoms with Crippen LogP contribution >= 0.6 is 11.6 Å². The largest absolute Gasteiger partial charge is 0.396 e. The van der Waals surface area contributed by atoms with Gasteiger partial charge in [-0.05, 0) is 18.9 Å². The summed E-state index contributed by atoms with van der Waals surface area (Å²) in [6.07, 6.45) is 5.17. The highest BCUT2D eigenvalue weighted by molar-refractivity contribution is 6.33. The average molecular weight is 226 g/mol. The lowest BCUT2D eigenvalue weighted by molar-refractivity contribution is 0.281. The molecular formula is C10H12ClN3O. The number of halogens is 1. The first kappa shape index (κ1) is 10.4. The Hall–Kier alpha value is -1.13. The Morgan fingerprint density at radius 2 is 2.20 bits per heavy atom. The molecule has 0 saturated carbocycles. The highest BCUT2D eigenvalue weighted by Crippen LogP contribution is 2.19. The van der Waals surface area contributed by atoms with Gasteiger partial charge in [-0.2, -0.15) is 0 Å². The third kappa shape index (κ3) is 2.11. The van der Waals surface area contributed by atoms with E-state index in [2.05, 4.69) is 9.97 Å². The van der Waals surface area contributed by atoms with E-state index < -0.39 is 0 Å². The van der Waals surface area contributed by atoms with Crippen molar-refractivity contribution in [2.24, 2.45) is 0 Å². The Labute approximate surface area is 92.5 Å². The highest BCUT2D eigenvalue weighted by atomic mass is 35.5. The van der Waals surface area contributed by atoms with Crippen LogP contribution in [-0.2, 0) is 6.54 Å². The van der Waals surface area contributed by atoms with Gasteiger partial charge in [-0.1, -0.05) is 11.6 Å². The molecule has 0 saturated heterocycles. The molecule has 5 heteroatoms. The molecule has 2 rings (SSSR count). The first-order valence-corrected chi connectivity index (χ1v) is 5.27. The van der Waals surface area contributed by atoms with Crippen LogP contribution in [0, 0.1) is 0 Å². The van der Waals surface area contributed by atoms with Gasteiger partial charge < -0.3 is 9.67 Å². The van der Waals surface area contributed by atoms with Crippen LogP contribution in [0.4, 0.5) is 0 Å². The molecular weight excluding hydrogens is 214 g/mol. The van der Waals surface area contributed by atoms with E-state index in [0.717, 1.165) is 30.4 Å². The smallest absolute Gasteiger partial charge is 0.156 e. The lowest BCUT2D eigenvalue weighted by atomic mass is 10.3. The maximum atomic E-state index is 8.70. The summed E-state index contributed by atoms with van der Waals surface area (Å²) in [5.41, 5.74) is 1.73. The van der Waals surface area contributed by atoms with E-state index in [1.807, 2.05) is 10.6 Å². The maximum absolute atomic E-state index is 8.70. The fourth-order valence-electron chi connectivity index (χ4n) is 1.53. The zero-order valence-corrected chi connectivity index (χ0v) is 8.98. The SMILES string of the molecule is OCCCCn1cnc2c(Cl)nccc21. The molecule has 4 nitrogen and oxygen atoms in total. The highest BCUT2D eigenvalue weighted by Gasteiger charge is 2.05. The van der Waals surface area contributed by atoms with Crippen molar-refractivity contribution in [2.45, 2.75) is 19.4 Å². The standard InChI is InChI=1S/C10H12ClN3O/c11-10-9-8(3-4-12-10)14(7-13-9)5-1-2-6-15/h3-4,7,15H,1-2,5-6H2. The summed E-state index contributed by atoms with van der Waals surface area (Å²) in [6.45, 7) is 1.08. The molecule has 1 N–H and O–H groups in total. The molecule has 2 heterocycles. The van der Waals surface area contributed by atoms with E-state index in [0.29, 0.717) is 5.15 Å². The Morgan fingerprint density at radius 1 is 1.33 bits per heavy atom. The van der Waals surface area contributed by atoms with Gasteiger partial charge in [0, 0.05) is 19.3 Å². The second-order valence-corrected chi connectivity index (χ2v) is 3.70. The van der Waals surface area contributed by atoms with Gasteiger partial charge in [0.15, 0.2) is 5.15 Å².